The lowest BCUT2D eigenvalue weighted by molar-refractivity contribution is -0.212. The summed E-state index contributed by atoms with van der Waals surface area (Å²) in [5.74, 6) is -3.42. The van der Waals surface area contributed by atoms with Crippen molar-refractivity contribution in [2.45, 2.75) is 63.9 Å². The average Bonchev–Trinajstić information content (AvgIpc) is 2.49. The minimum atomic E-state index is -2.23. The van der Waals surface area contributed by atoms with Gasteiger partial charge in [0.25, 0.3) is 4.52 Å². The standard InChI is InChI=1S/C16H26Cl3NO5/c1-6-12(21)15(8-11(4)5,14(23)25-16(18,19)9-17)20(24)13(22)7-10(2)3/h10-11,24H,6-9H2,1-5H3/t15-/m1/s1. The fourth-order valence-electron chi connectivity index (χ4n) is 2.38. The fourth-order valence-corrected chi connectivity index (χ4v) is 2.58. The van der Waals surface area contributed by atoms with Gasteiger partial charge in [-0.15, -0.1) is 11.6 Å². The smallest absolute Gasteiger partial charge is 0.345 e. The number of hydrogen-bond donors (Lipinski definition) is 1. The number of Topliss-reactive ketones (excluding diaryl/α,β-unsaturated/α-hetero) is 1. The minimum Gasteiger partial charge on any atom is -0.425 e. The van der Waals surface area contributed by atoms with Gasteiger partial charge in [-0.25, -0.2) is 4.79 Å². The summed E-state index contributed by atoms with van der Waals surface area (Å²) >= 11 is 17.1. The monoisotopic (exact) mass is 417 g/mol. The number of carbonyl (C=O) groups excluding carboxylic acids is 3. The number of carbonyl (C=O) groups is 3. The molecule has 6 nitrogen and oxygen atoms in total. The van der Waals surface area contributed by atoms with E-state index >= 15 is 0 Å². The molecule has 0 aliphatic heterocycles. The zero-order valence-corrected chi connectivity index (χ0v) is 17.4. The van der Waals surface area contributed by atoms with E-state index in [4.69, 9.17) is 39.5 Å². The van der Waals surface area contributed by atoms with Crippen molar-refractivity contribution in [2.24, 2.45) is 11.8 Å². The van der Waals surface area contributed by atoms with Crippen LogP contribution in [0.25, 0.3) is 0 Å². The zero-order chi connectivity index (χ0) is 20.0. The second-order valence-corrected chi connectivity index (χ2v) is 8.38. The average molecular weight is 419 g/mol. The van der Waals surface area contributed by atoms with Crippen LogP contribution in [0.4, 0.5) is 0 Å². The molecule has 0 fully saturated rings. The quantitative estimate of drug-likeness (QED) is 0.191. The second-order valence-electron chi connectivity index (χ2n) is 6.70. The number of esters is 1. The Morgan fingerprint density at radius 3 is 2.00 bits per heavy atom. The maximum absolute atomic E-state index is 12.8. The molecule has 1 N–H and O–H groups in total. The molecule has 0 aromatic heterocycles. The van der Waals surface area contributed by atoms with Gasteiger partial charge in [0.15, 0.2) is 5.78 Å². The molecule has 0 bridgehead atoms. The molecule has 1 atom stereocenters. The van der Waals surface area contributed by atoms with Gasteiger partial charge in [0.05, 0.1) is 5.88 Å². The highest BCUT2D eigenvalue weighted by Gasteiger charge is 2.55. The van der Waals surface area contributed by atoms with Crippen LogP contribution >= 0.6 is 34.8 Å². The van der Waals surface area contributed by atoms with Crippen LogP contribution in [0.2, 0.25) is 0 Å². The van der Waals surface area contributed by atoms with Gasteiger partial charge in [-0.05, 0) is 18.3 Å². The van der Waals surface area contributed by atoms with Crippen LogP contribution in [0, 0.1) is 11.8 Å². The van der Waals surface area contributed by atoms with Crippen molar-refractivity contribution in [3.05, 3.63) is 0 Å². The molecular formula is C16H26Cl3NO5. The maximum atomic E-state index is 12.8. The molecule has 0 aromatic rings. The Kier molecular flexibility index (Phi) is 9.73. The highest BCUT2D eigenvalue weighted by molar-refractivity contribution is 6.50. The normalized spacial score (nSPS) is 14.4. The molecule has 0 saturated carbocycles. The van der Waals surface area contributed by atoms with Gasteiger partial charge in [0.1, 0.15) is 0 Å². The molecule has 0 aliphatic carbocycles. The summed E-state index contributed by atoms with van der Waals surface area (Å²) < 4.78 is 2.85. The molecule has 0 unspecified atom stereocenters. The van der Waals surface area contributed by atoms with Crippen LogP contribution in [-0.2, 0) is 19.1 Å². The van der Waals surface area contributed by atoms with Crippen molar-refractivity contribution in [1.29, 1.82) is 0 Å². The Hall–Kier alpha value is -0.560. The summed E-state index contributed by atoms with van der Waals surface area (Å²) in [7, 11) is 0. The van der Waals surface area contributed by atoms with Gasteiger partial charge < -0.3 is 4.74 Å². The van der Waals surface area contributed by atoms with Crippen LogP contribution in [-0.4, -0.2) is 43.9 Å². The maximum Gasteiger partial charge on any atom is 0.345 e. The first kappa shape index (κ1) is 24.4. The Labute approximate surface area is 163 Å². The van der Waals surface area contributed by atoms with E-state index in [-0.39, 0.29) is 36.2 Å². The summed E-state index contributed by atoms with van der Waals surface area (Å²) in [6, 6.07) is 0. The van der Waals surface area contributed by atoms with E-state index in [0.29, 0.717) is 0 Å². The summed E-state index contributed by atoms with van der Waals surface area (Å²) in [6.45, 7) is 8.53. The van der Waals surface area contributed by atoms with Crippen molar-refractivity contribution in [3.63, 3.8) is 0 Å². The van der Waals surface area contributed by atoms with Crippen molar-refractivity contribution >= 4 is 52.5 Å². The van der Waals surface area contributed by atoms with Crippen LogP contribution in [0.1, 0.15) is 53.9 Å². The molecular weight excluding hydrogens is 393 g/mol. The molecule has 0 saturated heterocycles. The molecule has 0 spiro atoms. The topological polar surface area (TPSA) is 83.9 Å². The lowest BCUT2D eigenvalue weighted by Gasteiger charge is -2.38. The molecule has 1 amide bonds. The lowest BCUT2D eigenvalue weighted by Crippen LogP contribution is -2.63. The number of ether oxygens (including phenoxy) is 1. The first-order chi connectivity index (χ1) is 11.3. The van der Waals surface area contributed by atoms with Gasteiger partial charge in [-0.3, -0.25) is 14.8 Å². The van der Waals surface area contributed by atoms with E-state index in [2.05, 4.69) is 0 Å². The van der Waals surface area contributed by atoms with Gasteiger partial charge in [-0.2, -0.15) is 5.06 Å². The minimum absolute atomic E-state index is 0.0526. The van der Waals surface area contributed by atoms with E-state index in [1.54, 1.807) is 27.7 Å². The van der Waals surface area contributed by atoms with Crippen molar-refractivity contribution in [2.75, 3.05) is 5.88 Å². The molecule has 9 heteroatoms. The Bertz CT molecular complexity index is 496. The number of rotatable bonds is 10. The van der Waals surface area contributed by atoms with E-state index in [1.165, 1.54) is 6.92 Å². The fraction of sp³-hybridized carbons (Fsp3) is 0.812. The zero-order valence-electron chi connectivity index (χ0n) is 15.1. The molecule has 0 aliphatic rings. The summed E-state index contributed by atoms with van der Waals surface area (Å²) in [5.41, 5.74) is -2.23. The summed E-state index contributed by atoms with van der Waals surface area (Å²) in [4.78, 5) is 37.8. The predicted molar refractivity (Wildman–Crippen MR) is 96.8 cm³/mol. The molecule has 0 aromatic carbocycles. The number of nitrogens with zero attached hydrogens (tertiary/aromatic N) is 1. The molecule has 0 rings (SSSR count). The van der Waals surface area contributed by atoms with Gasteiger partial charge in [-0.1, -0.05) is 57.8 Å². The predicted octanol–water partition coefficient (Wildman–Crippen LogP) is 3.93. The van der Waals surface area contributed by atoms with Crippen LogP contribution in [0.5, 0.6) is 0 Å². The second kappa shape index (κ2) is 9.95. The molecule has 0 radical (unpaired) electrons. The van der Waals surface area contributed by atoms with E-state index in [1.807, 2.05) is 0 Å². The molecule has 25 heavy (non-hydrogen) atoms. The van der Waals surface area contributed by atoms with E-state index < -0.39 is 33.6 Å². The van der Waals surface area contributed by atoms with E-state index in [9.17, 15) is 19.6 Å². The largest absolute Gasteiger partial charge is 0.425 e. The van der Waals surface area contributed by atoms with Gasteiger partial charge in [0, 0.05) is 12.8 Å². The molecule has 0 heterocycles. The SMILES string of the molecule is CCC(=O)[C@](CC(C)C)(C(=O)OC(Cl)(Cl)CCl)N(O)C(=O)CC(C)C. The Morgan fingerprint density at radius 2 is 1.64 bits per heavy atom. The summed E-state index contributed by atoms with van der Waals surface area (Å²) in [6.07, 6.45) is -0.305. The first-order valence-electron chi connectivity index (χ1n) is 8.06. The van der Waals surface area contributed by atoms with Crippen molar-refractivity contribution in [1.82, 2.24) is 5.06 Å². The number of ketones is 1. The third kappa shape index (κ3) is 6.59. The van der Waals surface area contributed by atoms with Crippen LogP contribution in [0.15, 0.2) is 0 Å². The van der Waals surface area contributed by atoms with E-state index in [0.717, 1.165) is 0 Å². The number of alkyl halides is 3. The number of hydroxylamine groups is 2. The highest BCUT2D eigenvalue weighted by atomic mass is 35.5. The summed E-state index contributed by atoms with van der Waals surface area (Å²) in [5, 5.41) is 10.7. The Morgan fingerprint density at radius 1 is 1.12 bits per heavy atom. The van der Waals surface area contributed by atoms with Crippen LogP contribution in [0.3, 0.4) is 0 Å². The van der Waals surface area contributed by atoms with Gasteiger partial charge >= 0.3 is 5.97 Å². The van der Waals surface area contributed by atoms with Crippen molar-refractivity contribution < 1.29 is 24.3 Å². The van der Waals surface area contributed by atoms with Crippen molar-refractivity contribution in [3.8, 4) is 0 Å². The first-order valence-corrected chi connectivity index (χ1v) is 9.35. The molecule has 146 valence electrons. The third-order valence-corrected chi connectivity index (χ3v) is 4.47. The highest BCUT2D eigenvalue weighted by Crippen LogP contribution is 2.33. The van der Waals surface area contributed by atoms with Gasteiger partial charge in [0.2, 0.25) is 11.4 Å². The number of amides is 1. The lowest BCUT2D eigenvalue weighted by atomic mass is 9.82. The number of hydrogen-bond acceptors (Lipinski definition) is 5. The van der Waals surface area contributed by atoms with Crippen LogP contribution < -0.4 is 0 Å². The Balaban J connectivity index is 6.09. The number of halogens is 3. The third-order valence-electron chi connectivity index (χ3n) is 3.40.